The van der Waals surface area contributed by atoms with Gasteiger partial charge in [-0.3, -0.25) is 0 Å². The topological polar surface area (TPSA) is 26.3 Å². The maximum atomic E-state index is 13.2. The van der Waals surface area contributed by atoms with Crippen LogP contribution in [0.15, 0.2) is 8.26 Å². The number of halogens is 3. The quantitative estimate of drug-likeness (QED) is 0.774. The van der Waals surface area contributed by atoms with Crippen LogP contribution in [-0.2, 0) is 4.74 Å². The first-order valence-electron chi connectivity index (χ1n) is 3.38. The molecule has 6 heteroatoms. The Bertz CT molecular complexity index is 337. The number of hydrogen-bond acceptors (Lipinski definition) is 3. The van der Waals surface area contributed by atoms with Gasteiger partial charge in [0.15, 0.2) is 10.7 Å². The molecule has 0 unspecified atom stereocenters. The fourth-order valence-corrected chi connectivity index (χ4v) is 2.62. The largest absolute Gasteiger partial charge is 0.462 e. The van der Waals surface area contributed by atoms with Crippen molar-refractivity contribution in [2.45, 2.75) is 6.92 Å². The molecular weight excluding hydrogens is 327 g/mol. The molecule has 0 bridgehead atoms. The molecule has 1 heterocycles. The molecule has 1 rings (SSSR count). The summed E-state index contributed by atoms with van der Waals surface area (Å²) in [6.07, 6.45) is 0. The van der Waals surface area contributed by atoms with Crippen LogP contribution in [0.5, 0.6) is 0 Å². The van der Waals surface area contributed by atoms with Gasteiger partial charge in [-0.1, -0.05) is 0 Å². The highest BCUT2D eigenvalue weighted by molar-refractivity contribution is 9.13. The SMILES string of the molecule is CCOC(=O)c1sc(Br)c(Br)c1F. The Kier molecular flexibility index (Phi) is 3.87. The Morgan fingerprint density at radius 2 is 2.23 bits per heavy atom. The molecule has 1 aromatic rings. The van der Waals surface area contributed by atoms with E-state index in [1.807, 2.05) is 0 Å². The summed E-state index contributed by atoms with van der Waals surface area (Å²) < 4.78 is 18.7. The number of esters is 1. The van der Waals surface area contributed by atoms with E-state index in [2.05, 4.69) is 36.6 Å². The second kappa shape index (κ2) is 4.52. The fraction of sp³-hybridized carbons (Fsp3) is 0.286. The molecule has 0 N–H and O–H groups in total. The molecule has 0 aliphatic carbocycles. The lowest BCUT2D eigenvalue weighted by atomic mass is 10.4. The molecule has 0 aromatic carbocycles. The van der Waals surface area contributed by atoms with E-state index in [9.17, 15) is 9.18 Å². The second-order valence-corrected chi connectivity index (χ2v) is 5.18. The van der Waals surface area contributed by atoms with Crippen LogP contribution < -0.4 is 0 Å². The molecule has 1 aromatic heterocycles. The second-order valence-electron chi connectivity index (χ2n) is 2.05. The van der Waals surface area contributed by atoms with Crippen molar-refractivity contribution >= 4 is 49.2 Å². The molecule has 0 spiro atoms. The first kappa shape index (κ1) is 11.1. The van der Waals surface area contributed by atoms with E-state index in [0.29, 0.717) is 3.79 Å². The van der Waals surface area contributed by atoms with Crippen molar-refractivity contribution in [1.82, 2.24) is 0 Å². The minimum atomic E-state index is -0.628. The summed E-state index contributed by atoms with van der Waals surface area (Å²) in [6, 6.07) is 0. The van der Waals surface area contributed by atoms with Gasteiger partial charge in [-0.05, 0) is 38.8 Å². The number of thiophene rings is 1. The van der Waals surface area contributed by atoms with Gasteiger partial charge < -0.3 is 4.74 Å². The average molecular weight is 332 g/mol. The molecule has 13 heavy (non-hydrogen) atoms. The summed E-state index contributed by atoms with van der Waals surface area (Å²) in [7, 11) is 0. The summed E-state index contributed by atoms with van der Waals surface area (Å²) in [5.41, 5.74) is 0. The average Bonchev–Trinajstić information content (AvgIpc) is 2.33. The van der Waals surface area contributed by atoms with E-state index in [4.69, 9.17) is 0 Å². The van der Waals surface area contributed by atoms with Crippen LogP contribution in [-0.4, -0.2) is 12.6 Å². The Morgan fingerprint density at radius 1 is 1.62 bits per heavy atom. The van der Waals surface area contributed by atoms with Crippen LogP contribution in [0.3, 0.4) is 0 Å². The van der Waals surface area contributed by atoms with Gasteiger partial charge in [-0.2, -0.15) is 0 Å². The van der Waals surface area contributed by atoms with E-state index < -0.39 is 11.8 Å². The molecule has 0 aliphatic rings. The summed E-state index contributed by atoms with van der Waals surface area (Å²) >= 11 is 7.12. The van der Waals surface area contributed by atoms with E-state index in [-0.39, 0.29) is 16.0 Å². The molecule has 0 atom stereocenters. The monoisotopic (exact) mass is 330 g/mol. The first-order valence-corrected chi connectivity index (χ1v) is 5.78. The first-order chi connectivity index (χ1) is 6.07. The lowest BCUT2D eigenvalue weighted by Crippen LogP contribution is -2.03. The Balaban J connectivity index is 3.01. The smallest absolute Gasteiger partial charge is 0.351 e. The molecular formula is C7H5Br2FO2S. The third-order valence-corrected chi connectivity index (χ3v) is 4.57. The lowest BCUT2D eigenvalue weighted by Gasteiger charge is -1.97. The Labute approximate surface area is 95.3 Å². The summed E-state index contributed by atoms with van der Waals surface area (Å²) in [5.74, 6) is -1.20. The maximum Gasteiger partial charge on any atom is 0.351 e. The molecule has 0 saturated carbocycles. The predicted molar refractivity (Wildman–Crippen MR) is 55.6 cm³/mol. The highest BCUT2D eigenvalue weighted by Gasteiger charge is 2.21. The number of carbonyl (C=O) groups is 1. The Hall–Kier alpha value is 0.0600. The number of rotatable bonds is 2. The molecule has 0 saturated heterocycles. The standard InChI is InChI=1S/C7H5Br2FO2S/c1-2-12-7(11)5-4(10)3(8)6(9)13-5/h2H2,1H3. The van der Waals surface area contributed by atoms with Crippen LogP contribution >= 0.6 is 43.2 Å². The zero-order valence-electron chi connectivity index (χ0n) is 6.57. The zero-order valence-corrected chi connectivity index (χ0v) is 10.6. The van der Waals surface area contributed by atoms with Crippen molar-refractivity contribution in [3.05, 3.63) is 19.0 Å². The van der Waals surface area contributed by atoms with Crippen molar-refractivity contribution < 1.29 is 13.9 Å². The van der Waals surface area contributed by atoms with Crippen molar-refractivity contribution in [2.24, 2.45) is 0 Å². The molecule has 0 radical (unpaired) electrons. The minimum Gasteiger partial charge on any atom is -0.462 e. The molecule has 2 nitrogen and oxygen atoms in total. The van der Waals surface area contributed by atoms with Crippen molar-refractivity contribution in [1.29, 1.82) is 0 Å². The highest BCUT2D eigenvalue weighted by Crippen LogP contribution is 2.36. The van der Waals surface area contributed by atoms with Crippen LogP contribution in [0.4, 0.5) is 4.39 Å². The van der Waals surface area contributed by atoms with Gasteiger partial charge in [0.25, 0.3) is 0 Å². The van der Waals surface area contributed by atoms with E-state index in [0.717, 1.165) is 11.3 Å². The lowest BCUT2D eigenvalue weighted by molar-refractivity contribution is 0.0527. The van der Waals surface area contributed by atoms with Crippen molar-refractivity contribution in [3.63, 3.8) is 0 Å². The van der Waals surface area contributed by atoms with Gasteiger partial charge in [-0.15, -0.1) is 11.3 Å². The number of hydrogen-bond donors (Lipinski definition) is 0. The van der Waals surface area contributed by atoms with Crippen molar-refractivity contribution in [3.8, 4) is 0 Å². The van der Waals surface area contributed by atoms with Crippen molar-refractivity contribution in [2.75, 3.05) is 6.61 Å². The van der Waals surface area contributed by atoms with E-state index in [1.165, 1.54) is 0 Å². The maximum absolute atomic E-state index is 13.2. The van der Waals surface area contributed by atoms with Crippen LogP contribution in [0.1, 0.15) is 16.6 Å². The Morgan fingerprint density at radius 3 is 2.62 bits per heavy atom. The van der Waals surface area contributed by atoms with Gasteiger partial charge in [0, 0.05) is 0 Å². The van der Waals surface area contributed by atoms with Gasteiger partial charge in [0.2, 0.25) is 0 Å². The van der Waals surface area contributed by atoms with Gasteiger partial charge in [-0.25, -0.2) is 9.18 Å². The summed E-state index contributed by atoms with van der Waals surface area (Å²) in [5, 5.41) is 0. The molecule has 0 amide bonds. The third-order valence-electron chi connectivity index (χ3n) is 1.22. The van der Waals surface area contributed by atoms with Gasteiger partial charge in [0.05, 0.1) is 14.9 Å². The predicted octanol–water partition coefficient (Wildman–Crippen LogP) is 3.59. The summed E-state index contributed by atoms with van der Waals surface area (Å²) in [4.78, 5) is 11.1. The summed E-state index contributed by atoms with van der Waals surface area (Å²) in [6.45, 7) is 1.92. The van der Waals surface area contributed by atoms with Crippen LogP contribution in [0.2, 0.25) is 0 Å². The minimum absolute atomic E-state index is 0.0133. The molecule has 72 valence electrons. The van der Waals surface area contributed by atoms with E-state index in [1.54, 1.807) is 6.92 Å². The number of ether oxygens (including phenoxy) is 1. The van der Waals surface area contributed by atoms with Gasteiger partial charge >= 0.3 is 5.97 Å². The van der Waals surface area contributed by atoms with Gasteiger partial charge in [0.1, 0.15) is 0 Å². The van der Waals surface area contributed by atoms with Crippen LogP contribution in [0, 0.1) is 5.82 Å². The highest BCUT2D eigenvalue weighted by atomic mass is 79.9. The van der Waals surface area contributed by atoms with Crippen LogP contribution in [0.25, 0.3) is 0 Å². The normalized spacial score (nSPS) is 10.2. The van der Waals surface area contributed by atoms with E-state index >= 15 is 0 Å². The molecule has 0 fully saturated rings. The fourth-order valence-electron chi connectivity index (χ4n) is 0.693. The number of carbonyl (C=O) groups excluding carboxylic acids is 1. The third kappa shape index (κ3) is 2.30. The zero-order chi connectivity index (χ0) is 10.0. The molecule has 0 aliphatic heterocycles.